The molecule has 7 heteroatoms. The lowest BCUT2D eigenvalue weighted by molar-refractivity contribution is -0.146. The van der Waals surface area contributed by atoms with E-state index in [0.717, 1.165) is 0 Å². The lowest BCUT2D eigenvalue weighted by atomic mass is 9.42. The second kappa shape index (κ2) is 8.55. The molecule has 0 aromatic carbocycles. The van der Waals surface area contributed by atoms with E-state index in [1.165, 1.54) is 13.0 Å². The molecule has 7 atom stereocenters. The predicted molar refractivity (Wildman–Crippen MR) is 136 cm³/mol. The number of carbonyl (C=O) groups is 5. The van der Waals surface area contributed by atoms with Crippen LogP contribution in [0, 0.1) is 39.4 Å². The van der Waals surface area contributed by atoms with Crippen molar-refractivity contribution in [2.45, 2.75) is 93.1 Å². The molecule has 7 nitrogen and oxygen atoms in total. The summed E-state index contributed by atoms with van der Waals surface area (Å²) in [7, 11) is 0. The highest BCUT2D eigenvalue weighted by Crippen LogP contribution is 2.70. The molecule has 2 N–H and O–H groups in total. The van der Waals surface area contributed by atoms with Crippen LogP contribution >= 0.6 is 0 Å². The van der Waals surface area contributed by atoms with Gasteiger partial charge >= 0.3 is 5.97 Å². The number of rotatable bonds is 5. The number of Topliss-reactive ketones (excluding diaryl/α,β-unsaturated/α-hetero) is 3. The van der Waals surface area contributed by atoms with E-state index in [1.807, 2.05) is 34.6 Å². The van der Waals surface area contributed by atoms with Crippen LogP contribution in [0.5, 0.6) is 0 Å². The van der Waals surface area contributed by atoms with Gasteiger partial charge in [0.05, 0.1) is 17.4 Å². The van der Waals surface area contributed by atoms with E-state index in [9.17, 15) is 29.1 Å². The Hall–Kier alpha value is -2.41. The monoisotopic (exact) mass is 512 g/mol. The van der Waals surface area contributed by atoms with Gasteiger partial charge in [-0.25, -0.2) is 0 Å². The topological polar surface area (TPSA) is 126 Å². The molecule has 4 aliphatic carbocycles. The number of hydrogen-bond acceptors (Lipinski definition) is 6. The normalized spacial score (nSPS) is 40.2. The molecule has 0 aromatic heterocycles. The number of allylic oxidation sites excluding steroid dienone is 3. The van der Waals surface area contributed by atoms with Gasteiger partial charge in [0.15, 0.2) is 11.6 Å². The Balaban J connectivity index is 1.81. The Morgan fingerprint density at radius 3 is 2.30 bits per heavy atom. The number of ketones is 4. The average Bonchev–Trinajstić information content (AvgIpc) is 2.99. The van der Waals surface area contributed by atoms with E-state index in [-0.39, 0.29) is 54.2 Å². The summed E-state index contributed by atoms with van der Waals surface area (Å²) < 4.78 is 0. The van der Waals surface area contributed by atoms with E-state index in [0.29, 0.717) is 36.0 Å². The molecule has 0 amide bonds. The lowest BCUT2D eigenvalue weighted by Gasteiger charge is -2.60. The zero-order valence-electron chi connectivity index (χ0n) is 23.1. The number of carboxylic acids is 1. The number of aliphatic hydroxyl groups excluding tert-OH is 1. The molecule has 4 aliphatic rings. The van der Waals surface area contributed by atoms with Crippen LogP contribution in [0.4, 0.5) is 0 Å². The number of aliphatic hydroxyl groups is 1. The number of hydrogen-bond donors (Lipinski definition) is 2. The SMILES string of the molecule is C/C(=C\C(=O)C[C@@H](C)C(=O)O)[C@H]1CC(=O)[C@@]2(C)C3=C(C(=O)C[C@]12C)[C@@]1(C)CCC(=O)C(C)(C)[C@@H]1C[C@@H]3O. The van der Waals surface area contributed by atoms with Gasteiger partial charge in [-0.15, -0.1) is 0 Å². The third-order valence-electron chi connectivity index (χ3n) is 10.9. The van der Waals surface area contributed by atoms with E-state index < -0.39 is 39.7 Å². The molecule has 0 radical (unpaired) electrons. The summed E-state index contributed by atoms with van der Waals surface area (Å²) in [6.45, 7) is 12.9. The smallest absolute Gasteiger partial charge is 0.306 e. The maximum Gasteiger partial charge on any atom is 0.306 e. The fourth-order valence-electron chi connectivity index (χ4n) is 8.51. The maximum absolute atomic E-state index is 14.0. The highest BCUT2D eigenvalue weighted by Gasteiger charge is 2.70. The van der Waals surface area contributed by atoms with Gasteiger partial charge < -0.3 is 10.2 Å². The van der Waals surface area contributed by atoms with E-state index in [1.54, 1.807) is 6.92 Å². The van der Waals surface area contributed by atoms with Crippen molar-refractivity contribution in [2.24, 2.45) is 39.4 Å². The van der Waals surface area contributed by atoms with Crippen LogP contribution < -0.4 is 0 Å². The first-order valence-electron chi connectivity index (χ1n) is 13.4. The van der Waals surface area contributed by atoms with Gasteiger partial charge in [-0.3, -0.25) is 24.0 Å². The molecule has 0 aliphatic heterocycles. The highest BCUT2D eigenvalue weighted by atomic mass is 16.4. The highest BCUT2D eigenvalue weighted by molar-refractivity contribution is 6.06. The first kappa shape index (κ1) is 27.6. The average molecular weight is 513 g/mol. The van der Waals surface area contributed by atoms with Crippen molar-refractivity contribution in [1.82, 2.24) is 0 Å². The molecular weight excluding hydrogens is 472 g/mol. The molecule has 0 spiro atoms. The van der Waals surface area contributed by atoms with Crippen LogP contribution in [-0.4, -0.2) is 45.4 Å². The van der Waals surface area contributed by atoms with E-state index in [4.69, 9.17) is 5.11 Å². The summed E-state index contributed by atoms with van der Waals surface area (Å²) >= 11 is 0. The number of carboxylic acid groups (broad SMARTS) is 1. The first-order valence-corrected chi connectivity index (χ1v) is 13.4. The van der Waals surface area contributed by atoms with Crippen LogP contribution in [0.3, 0.4) is 0 Å². The van der Waals surface area contributed by atoms with Crippen LogP contribution in [0.2, 0.25) is 0 Å². The van der Waals surface area contributed by atoms with Crippen molar-refractivity contribution in [3.8, 4) is 0 Å². The minimum absolute atomic E-state index is 0.0497. The predicted octanol–water partition coefficient (Wildman–Crippen LogP) is 4.26. The molecule has 202 valence electrons. The molecule has 0 saturated heterocycles. The molecule has 0 heterocycles. The van der Waals surface area contributed by atoms with Gasteiger partial charge in [0, 0.05) is 42.1 Å². The van der Waals surface area contributed by atoms with Crippen molar-refractivity contribution >= 4 is 29.1 Å². The van der Waals surface area contributed by atoms with Crippen molar-refractivity contribution in [1.29, 1.82) is 0 Å². The summed E-state index contributed by atoms with van der Waals surface area (Å²) in [6, 6.07) is 0. The second-order valence-electron chi connectivity index (χ2n) is 13.3. The molecular formula is C30H40O7. The third-order valence-corrected chi connectivity index (χ3v) is 10.9. The molecule has 0 bridgehead atoms. The fraction of sp³-hybridized carbons (Fsp3) is 0.700. The van der Waals surface area contributed by atoms with Gasteiger partial charge in [0.2, 0.25) is 0 Å². The molecule has 2 saturated carbocycles. The fourth-order valence-corrected chi connectivity index (χ4v) is 8.51. The number of carbonyl (C=O) groups excluding carboxylic acids is 4. The molecule has 0 aromatic rings. The third kappa shape index (κ3) is 3.67. The quantitative estimate of drug-likeness (QED) is 0.527. The van der Waals surface area contributed by atoms with Gasteiger partial charge in [-0.1, -0.05) is 40.2 Å². The van der Waals surface area contributed by atoms with Crippen LogP contribution in [-0.2, 0) is 24.0 Å². The lowest BCUT2D eigenvalue weighted by Crippen LogP contribution is -2.59. The first-order chi connectivity index (χ1) is 16.9. The van der Waals surface area contributed by atoms with Crippen molar-refractivity contribution < 1.29 is 34.2 Å². The summed E-state index contributed by atoms with van der Waals surface area (Å²) in [5.74, 6) is -2.74. The van der Waals surface area contributed by atoms with E-state index >= 15 is 0 Å². The van der Waals surface area contributed by atoms with Crippen LogP contribution in [0.25, 0.3) is 0 Å². The summed E-state index contributed by atoms with van der Waals surface area (Å²) in [4.78, 5) is 64.5. The summed E-state index contributed by atoms with van der Waals surface area (Å²) in [5, 5.41) is 20.7. The van der Waals surface area contributed by atoms with Gasteiger partial charge in [-0.05, 0) is 55.6 Å². The Morgan fingerprint density at radius 2 is 1.70 bits per heavy atom. The Labute approximate surface area is 218 Å². The maximum atomic E-state index is 14.0. The molecule has 4 rings (SSSR count). The van der Waals surface area contributed by atoms with Gasteiger partial charge in [-0.2, -0.15) is 0 Å². The second-order valence-corrected chi connectivity index (χ2v) is 13.3. The Morgan fingerprint density at radius 1 is 1.08 bits per heavy atom. The largest absolute Gasteiger partial charge is 0.481 e. The van der Waals surface area contributed by atoms with Crippen LogP contribution in [0.1, 0.15) is 87.0 Å². The van der Waals surface area contributed by atoms with Gasteiger partial charge in [0.25, 0.3) is 0 Å². The standard InChI is InChI=1S/C30H40O7/c1-15(10-17(31)11-16(2)26(36)37)18-12-23(35)30(7)25-19(32)13-21-27(3,4)22(34)8-9-28(21,5)24(25)20(33)14-29(18,30)6/h10,16,18-19,21,32H,8-9,11-14H2,1-7H3,(H,36,37)/b15-10+/t16-,18-,19+,21+,28+,29-,30+/m1/s1. The zero-order valence-corrected chi connectivity index (χ0v) is 23.1. The van der Waals surface area contributed by atoms with Crippen molar-refractivity contribution in [3.63, 3.8) is 0 Å². The Kier molecular flexibility index (Phi) is 6.38. The Bertz CT molecular complexity index is 1170. The van der Waals surface area contributed by atoms with Crippen molar-refractivity contribution in [3.05, 3.63) is 22.8 Å². The van der Waals surface area contributed by atoms with Gasteiger partial charge in [0.1, 0.15) is 11.6 Å². The number of aliphatic carboxylic acids is 1. The van der Waals surface area contributed by atoms with Crippen molar-refractivity contribution in [2.75, 3.05) is 0 Å². The van der Waals surface area contributed by atoms with Crippen LogP contribution in [0.15, 0.2) is 22.8 Å². The molecule has 2 fully saturated rings. The van der Waals surface area contributed by atoms with E-state index in [2.05, 4.69) is 0 Å². The summed E-state index contributed by atoms with van der Waals surface area (Å²) in [6.07, 6.45) is 1.78. The summed E-state index contributed by atoms with van der Waals surface area (Å²) in [5.41, 5.74) is -1.43. The minimum Gasteiger partial charge on any atom is -0.481 e. The number of fused-ring (bicyclic) bond motifs is 4. The zero-order chi connectivity index (χ0) is 27.9. The minimum atomic E-state index is -1.08. The molecule has 37 heavy (non-hydrogen) atoms. The molecule has 0 unspecified atom stereocenters.